The maximum Gasteiger partial charge on any atom is 0.186 e. The van der Waals surface area contributed by atoms with E-state index in [1.807, 2.05) is 6.08 Å². The van der Waals surface area contributed by atoms with Crippen LogP contribution in [0.15, 0.2) is 30.3 Å². The van der Waals surface area contributed by atoms with Crippen molar-refractivity contribution in [2.45, 2.75) is 195 Å². The van der Waals surface area contributed by atoms with E-state index < -0.39 is 0 Å². The van der Waals surface area contributed by atoms with Crippen LogP contribution in [0.3, 0.4) is 0 Å². The molecular weight excluding hydrogens is 572 g/mol. The third kappa shape index (κ3) is 10.6. The van der Waals surface area contributed by atoms with Gasteiger partial charge in [-0.15, -0.1) is 0 Å². The minimum absolute atomic E-state index is 0.0928. The zero-order chi connectivity index (χ0) is 34.9. The number of carbonyl (C=O) groups excluding carboxylic acids is 1. The Labute approximate surface area is 291 Å². The van der Waals surface area contributed by atoms with E-state index in [0.29, 0.717) is 17.6 Å². The zero-order valence-electron chi connectivity index (χ0n) is 32.3. The van der Waals surface area contributed by atoms with Crippen molar-refractivity contribution < 1.29 is 9.90 Å². The summed E-state index contributed by atoms with van der Waals surface area (Å²) in [5.41, 5.74) is 8.04. The standard InChI is InChI=1S/C45H72O2/c1-11-21-32(16-6)37-26-28-39(33(17-7)22-12-2)38(30-37)27-29-42(46)41-31-40(34(18-8)23-13-3)45(47)44(36(20-10)25-15-5)43(41)35(19-9)24-14-4/h26-36,47H,11-25H2,1-10H3/b29-27-. The SMILES string of the molecule is CCCC(CC)c1ccc(C(CC)CCC)c(/C=C\C(=O)c2cc(C(CC)CCC)c(O)c(C(CC)CCC)c2C(CC)CCC)c1. The molecule has 2 aromatic carbocycles. The van der Waals surface area contributed by atoms with Crippen LogP contribution in [-0.4, -0.2) is 10.9 Å². The van der Waals surface area contributed by atoms with Crippen LogP contribution < -0.4 is 0 Å². The Morgan fingerprint density at radius 2 is 1.02 bits per heavy atom. The molecule has 2 nitrogen and oxygen atoms in total. The Hall–Kier alpha value is -2.35. The maximum atomic E-state index is 14.7. The molecule has 1 N–H and O–H groups in total. The van der Waals surface area contributed by atoms with Crippen molar-refractivity contribution >= 4 is 11.9 Å². The highest BCUT2D eigenvalue weighted by Gasteiger charge is 2.30. The number of hydrogen-bond acceptors (Lipinski definition) is 2. The average molecular weight is 645 g/mol. The van der Waals surface area contributed by atoms with Gasteiger partial charge >= 0.3 is 0 Å². The fraction of sp³-hybridized carbons (Fsp3) is 0.667. The largest absolute Gasteiger partial charge is 0.507 e. The third-order valence-electron chi connectivity index (χ3n) is 11.0. The first-order valence-electron chi connectivity index (χ1n) is 20.0. The molecule has 0 saturated heterocycles. The third-order valence-corrected chi connectivity index (χ3v) is 11.0. The number of benzene rings is 2. The van der Waals surface area contributed by atoms with Crippen LogP contribution in [0.25, 0.3) is 6.08 Å². The molecule has 5 atom stereocenters. The molecule has 0 aliphatic carbocycles. The van der Waals surface area contributed by atoms with E-state index in [9.17, 15) is 9.90 Å². The molecule has 5 unspecified atom stereocenters. The molecule has 47 heavy (non-hydrogen) atoms. The van der Waals surface area contributed by atoms with Gasteiger partial charge in [0, 0.05) is 11.1 Å². The van der Waals surface area contributed by atoms with Crippen molar-refractivity contribution in [3.05, 3.63) is 69.3 Å². The summed E-state index contributed by atoms with van der Waals surface area (Å²) in [6, 6.07) is 9.25. The molecule has 0 aliphatic rings. The number of carbonyl (C=O) groups is 1. The summed E-state index contributed by atoms with van der Waals surface area (Å²) in [5.74, 6) is 2.37. The number of phenols is 1. The Bertz CT molecular complexity index is 1240. The lowest BCUT2D eigenvalue weighted by molar-refractivity contribution is 0.104. The Kier molecular flexibility index (Phi) is 18.7. The first-order chi connectivity index (χ1) is 22.7. The maximum absolute atomic E-state index is 14.7. The van der Waals surface area contributed by atoms with Gasteiger partial charge in [-0.3, -0.25) is 4.79 Å². The minimum atomic E-state index is 0.0928. The average Bonchev–Trinajstić information content (AvgIpc) is 3.08. The van der Waals surface area contributed by atoms with Crippen molar-refractivity contribution in [2.24, 2.45) is 0 Å². The molecular formula is C45H72O2. The molecule has 0 saturated carbocycles. The van der Waals surface area contributed by atoms with Gasteiger partial charge in [0.15, 0.2) is 5.78 Å². The smallest absolute Gasteiger partial charge is 0.186 e. The molecule has 2 heteroatoms. The second kappa shape index (κ2) is 21.6. The molecule has 0 aromatic heterocycles. The first-order valence-corrected chi connectivity index (χ1v) is 20.0. The number of hydrogen-bond donors (Lipinski definition) is 1. The van der Waals surface area contributed by atoms with Crippen molar-refractivity contribution in [3.63, 3.8) is 0 Å². The van der Waals surface area contributed by atoms with Crippen LogP contribution in [0, 0.1) is 0 Å². The number of aromatic hydroxyl groups is 1. The van der Waals surface area contributed by atoms with Gasteiger partial charge in [0.25, 0.3) is 0 Å². The van der Waals surface area contributed by atoms with Crippen molar-refractivity contribution in [2.75, 3.05) is 0 Å². The van der Waals surface area contributed by atoms with Crippen LogP contribution in [0.2, 0.25) is 0 Å². The summed E-state index contributed by atoms with van der Waals surface area (Å²) < 4.78 is 0. The fourth-order valence-electron chi connectivity index (χ4n) is 8.33. The van der Waals surface area contributed by atoms with E-state index in [1.54, 1.807) is 0 Å². The van der Waals surface area contributed by atoms with Gasteiger partial charge in [-0.2, -0.15) is 0 Å². The highest BCUT2D eigenvalue weighted by molar-refractivity contribution is 6.08. The van der Waals surface area contributed by atoms with Crippen molar-refractivity contribution in [1.29, 1.82) is 0 Å². The lowest BCUT2D eigenvalue weighted by Gasteiger charge is -2.30. The number of phenolic OH excluding ortho intramolecular Hbond substituents is 1. The Balaban J connectivity index is 2.93. The fourth-order valence-corrected chi connectivity index (χ4v) is 8.33. The van der Waals surface area contributed by atoms with E-state index >= 15 is 0 Å². The van der Waals surface area contributed by atoms with Gasteiger partial charge in [0.1, 0.15) is 5.75 Å². The summed E-state index contributed by atoms with van der Waals surface area (Å²) in [4.78, 5) is 14.7. The Morgan fingerprint density at radius 3 is 1.51 bits per heavy atom. The van der Waals surface area contributed by atoms with E-state index in [2.05, 4.69) is 99.6 Å². The molecule has 264 valence electrons. The number of rotatable bonds is 23. The quantitative estimate of drug-likeness (QED) is 0.0965. The normalized spacial score (nSPS) is 15.1. The molecule has 0 radical (unpaired) electrons. The van der Waals surface area contributed by atoms with Gasteiger partial charge in [-0.1, -0.05) is 126 Å². The van der Waals surface area contributed by atoms with Crippen LogP contribution in [0.4, 0.5) is 0 Å². The highest BCUT2D eigenvalue weighted by Crippen LogP contribution is 2.47. The molecule has 0 bridgehead atoms. The summed E-state index contributed by atoms with van der Waals surface area (Å²) in [6.45, 7) is 22.6. The molecule has 0 spiro atoms. The van der Waals surface area contributed by atoms with Gasteiger partial charge in [-0.05, 0) is 134 Å². The molecule has 2 rings (SSSR count). The molecule has 0 aliphatic heterocycles. The van der Waals surface area contributed by atoms with E-state index in [4.69, 9.17) is 0 Å². The predicted octanol–water partition coefficient (Wildman–Crippen LogP) is 14.8. The number of allylic oxidation sites excluding steroid dienone is 1. The van der Waals surface area contributed by atoms with E-state index in [1.165, 1.54) is 29.5 Å². The van der Waals surface area contributed by atoms with Gasteiger partial charge in [0.05, 0.1) is 0 Å². The monoisotopic (exact) mass is 645 g/mol. The lowest BCUT2D eigenvalue weighted by Crippen LogP contribution is -2.15. The van der Waals surface area contributed by atoms with Crippen molar-refractivity contribution in [1.82, 2.24) is 0 Å². The van der Waals surface area contributed by atoms with Gasteiger partial charge in [0.2, 0.25) is 0 Å². The summed E-state index contributed by atoms with van der Waals surface area (Å²) in [6.07, 6.45) is 20.1. The summed E-state index contributed by atoms with van der Waals surface area (Å²) in [5, 5.41) is 12.1. The summed E-state index contributed by atoms with van der Waals surface area (Å²) >= 11 is 0. The number of ketones is 1. The molecule has 0 heterocycles. The van der Waals surface area contributed by atoms with Crippen LogP contribution in [-0.2, 0) is 0 Å². The first kappa shape index (κ1) is 40.8. The topological polar surface area (TPSA) is 37.3 Å². The molecule has 0 amide bonds. The van der Waals surface area contributed by atoms with Gasteiger partial charge in [-0.25, -0.2) is 0 Å². The Morgan fingerprint density at radius 1 is 0.574 bits per heavy atom. The second-order valence-corrected chi connectivity index (χ2v) is 14.2. The predicted molar refractivity (Wildman–Crippen MR) is 208 cm³/mol. The van der Waals surface area contributed by atoms with Crippen molar-refractivity contribution in [3.8, 4) is 5.75 Å². The molecule has 0 fully saturated rings. The van der Waals surface area contributed by atoms with Crippen LogP contribution in [0.5, 0.6) is 5.75 Å². The molecule has 2 aromatic rings. The summed E-state index contributed by atoms with van der Waals surface area (Å²) in [7, 11) is 0. The lowest BCUT2D eigenvalue weighted by atomic mass is 9.75. The van der Waals surface area contributed by atoms with E-state index in [0.717, 1.165) is 106 Å². The second-order valence-electron chi connectivity index (χ2n) is 14.2. The van der Waals surface area contributed by atoms with Gasteiger partial charge < -0.3 is 5.11 Å². The van der Waals surface area contributed by atoms with E-state index in [-0.39, 0.29) is 23.5 Å². The van der Waals surface area contributed by atoms with Crippen LogP contribution >= 0.6 is 0 Å². The zero-order valence-corrected chi connectivity index (χ0v) is 32.3. The highest BCUT2D eigenvalue weighted by atomic mass is 16.3. The van der Waals surface area contributed by atoms with Crippen LogP contribution in [0.1, 0.15) is 239 Å². The minimum Gasteiger partial charge on any atom is -0.507 e.